The Balaban J connectivity index is 1.59. The molecule has 0 aromatic heterocycles. The third kappa shape index (κ3) is 3.14. The van der Waals surface area contributed by atoms with E-state index in [4.69, 9.17) is 4.74 Å². The van der Waals surface area contributed by atoms with Crippen LogP contribution in [-0.2, 0) is 11.3 Å². The van der Waals surface area contributed by atoms with Crippen LogP contribution in [0.2, 0.25) is 0 Å². The molecule has 1 aliphatic heterocycles. The number of nitro benzene ring substituents is 1. The number of piperidine rings is 1. The molecule has 1 aromatic carbocycles. The zero-order valence-corrected chi connectivity index (χ0v) is 13.1. The number of rotatable bonds is 5. The fourth-order valence-corrected chi connectivity index (χ4v) is 3.50. The van der Waals surface area contributed by atoms with Crippen LogP contribution in [0.1, 0.15) is 24.8 Å². The minimum atomic E-state index is -0.477. The highest BCUT2D eigenvalue weighted by Gasteiger charge is 2.57. The maximum absolute atomic E-state index is 12.3. The van der Waals surface area contributed by atoms with E-state index < -0.39 is 4.92 Å². The number of nitro groups is 1. The van der Waals surface area contributed by atoms with E-state index in [1.54, 1.807) is 12.1 Å². The van der Waals surface area contributed by atoms with Crippen molar-refractivity contribution in [1.29, 1.82) is 0 Å². The van der Waals surface area contributed by atoms with E-state index in [0.717, 1.165) is 32.4 Å². The zero-order valence-electron chi connectivity index (χ0n) is 13.1. The molecule has 2 fully saturated rings. The summed E-state index contributed by atoms with van der Waals surface area (Å²) in [7, 11) is 1.40. The van der Waals surface area contributed by atoms with E-state index in [0.29, 0.717) is 12.1 Å². The number of carbonyl (C=O) groups excluding carboxylic acids is 1. The van der Waals surface area contributed by atoms with Gasteiger partial charge in [-0.05, 0) is 49.4 Å². The van der Waals surface area contributed by atoms with Crippen LogP contribution in [0, 0.1) is 21.4 Å². The predicted octanol–water partition coefficient (Wildman–Crippen LogP) is 1.61. The number of nitrogens with zero attached hydrogens (tertiary/aromatic N) is 1. The first kappa shape index (κ1) is 15.7. The van der Waals surface area contributed by atoms with Crippen molar-refractivity contribution in [2.24, 2.45) is 11.3 Å². The second-order valence-electron chi connectivity index (χ2n) is 6.35. The molecular formula is C16H21N3O4. The summed E-state index contributed by atoms with van der Waals surface area (Å²) < 4.78 is 4.98. The summed E-state index contributed by atoms with van der Waals surface area (Å²) >= 11 is 0. The molecule has 1 saturated heterocycles. The van der Waals surface area contributed by atoms with Crippen LogP contribution in [0.5, 0.6) is 5.75 Å². The zero-order chi connectivity index (χ0) is 16.4. The number of amides is 1. The minimum absolute atomic E-state index is 0.0605. The summed E-state index contributed by atoms with van der Waals surface area (Å²) in [6, 6.07) is 4.75. The second kappa shape index (κ2) is 6.16. The molecule has 1 unspecified atom stereocenters. The van der Waals surface area contributed by atoms with E-state index in [1.165, 1.54) is 13.2 Å². The molecule has 7 heteroatoms. The minimum Gasteiger partial charge on any atom is -0.490 e. The summed E-state index contributed by atoms with van der Waals surface area (Å²) in [6.45, 7) is 2.26. The number of hydrogen-bond donors (Lipinski definition) is 2. The molecule has 23 heavy (non-hydrogen) atoms. The summed E-state index contributed by atoms with van der Waals surface area (Å²) in [6.07, 6.45) is 3.07. The first-order valence-corrected chi connectivity index (χ1v) is 7.85. The van der Waals surface area contributed by atoms with Gasteiger partial charge >= 0.3 is 5.69 Å². The van der Waals surface area contributed by atoms with Gasteiger partial charge in [0, 0.05) is 18.5 Å². The maximum Gasteiger partial charge on any atom is 0.311 e. The molecule has 1 aromatic rings. The van der Waals surface area contributed by atoms with Crippen LogP contribution in [0.25, 0.3) is 0 Å². The average molecular weight is 319 g/mol. The molecule has 0 bridgehead atoms. The van der Waals surface area contributed by atoms with Gasteiger partial charge in [-0.15, -0.1) is 0 Å². The van der Waals surface area contributed by atoms with Crippen molar-refractivity contribution in [3.63, 3.8) is 0 Å². The van der Waals surface area contributed by atoms with Crippen molar-refractivity contribution in [2.45, 2.75) is 25.8 Å². The van der Waals surface area contributed by atoms with E-state index in [1.807, 2.05) is 0 Å². The Morgan fingerprint density at radius 1 is 1.48 bits per heavy atom. The van der Waals surface area contributed by atoms with E-state index >= 15 is 0 Å². The van der Waals surface area contributed by atoms with Crippen molar-refractivity contribution in [3.8, 4) is 5.75 Å². The standard InChI is InChI=1S/C16H21N3O4/c1-23-14-3-2-11(8-13(14)19(21)22)10-18-15(20)12-9-16(12)4-6-17-7-5-16/h2-3,8,12,17H,4-7,9-10H2,1H3,(H,18,20). The van der Waals surface area contributed by atoms with Gasteiger partial charge in [-0.25, -0.2) is 0 Å². The average Bonchev–Trinajstić information content (AvgIpc) is 3.26. The van der Waals surface area contributed by atoms with Gasteiger partial charge in [-0.2, -0.15) is 0 Å². The third-order valence-corrected chi connectivity index (χ3v) is 5.01. The van der Waals surface area contributed by atoms with Crippen LogP contribution in [0.4, 0.5) is 5.69 Å². The molecule has 3 rings (SSSR count). The van der Waals surface area contributed by atoms with Crippen molar-refractivity contribution in [3.05, 3.63) is 33.9 Å². The first-order chi connectivity index (χ1) is 11.1. The highest BCUT2D eigenvalue weighted by atomic mass is 16.6. The van der Waals surface area contributed by atoms with Crippen LogP contribution < -0.4 is 15.4 Å². The van der Waals surface area contributed by atoms with Gasteiger partial charge in [0.05, 0.1) is 12.0 Å². The summed E-state index contributed by atoms with van der Waals surface area (Å²) in [5.74, 6) is 0.379. The lowest BCUT2D eigenvalue weighted by atomic mass is 9.92. The monoisotopic (exact) mass is 319 g/mol. The SMILES string of the molecule is COc1ccc(CNC(=O)C2CC23CCNCC3)cc1[N+](=O)[O-]. The Labute approximate surface area is 134 Å². The lowest BCUT2D eigenvalue weighted by Crippen LogP contribution is -2.33. The molecule has 1 amide bonds. The van der Waals surface area contributed by atoms with E-state index in [2.05, 4.69) is 10.6 Å². The topological polar surface area (TPSA) is 93.5 Å². The normalized spacial score (nSPS) is 21.7. The number of carbonyl (C=O) groups is 1. The van der Waals surface area contributed by atoms with Crippen molar-refractivity contribution in [1.82, 2.24) is 10.6 Å². The molecule has 1 atom stereocenters. The number of nitrogens with one attached hydrogen (secondary N) is 2. The van der Waals surface area contributed by atoms with Gasteiger partial charge in [0.15, 0.2) is 5.75 Å². The molecule has 7 nitrogen and oxygen atoms in total. The van der Waals surface area contributed by atoms with Crippen LogP contribution >= 0.6 is 0 Å². The Kier molecular flexibility index (Phi) is 4.21. The lowest BCUT2D eigenvalue weighted by molar-refractivity contribution is -0.385. The van der Waals surface area contributed by atoms with Gasteiger partial charge in [0.1, 0.15) is 0 Å². The first-order valence-electron chi connectivity index (χ1n) is 7.85. The number of benzene rings is 1. The molecule has 124 valence electrons. The number of ether oxygens (including phenoxy) is 1. The largest absolute Gasteiger partial charge is 0.490 e. The van der Waals surface area contributed by atoms with Gasteiger partial charge in [0.2, 0.25) is 5.91 Å². The number of hydrogen-bond acceptors (Lipinski definition) is 5. The molecule has 1 heterocycles. The fraction of sp³-hybridized carbons (Fsp3) is 0.562. The highest BCUT2D eigenvalue weighted by Crippen LogP contribution is 2.58. The maximum atomic E-state index is 12.3. The van der Waals surface area contributed by atoms with Gasteiger partial charge in [-0.1, -0.05) is 6.07 Å². The summed E-state index contributed by atoms with van der Waals surface area (Å²) in [5, 5.41) is 17.3. The quantitative estimate of drug-likeness (QED) is 0.635. The Morgan fingerprint density at radius 3 is 2.87 bits per heavy atom. The molecule has 1 aliphatic carbocycles. The Hall–Kier alpha value is -2.15. The molecule has 1 saturated carbocycles. The third-order valence-electron chi connectivity index (χ3n) is 5.01. The molecular weight excluding hydrogens is 298 g/mol. The van der Waals surface area contributed by atoms with Gasteiger partial charge in [0.25, 0.3) is 0 Å². The lowest BCUT2D eigenvalue weighted by Gasteiger charge is -2.23. The van der Waals surface area contributed by atoms with Gasteiger partial charge in [-0.3, -0.25) is 14.9 Å². The van der Waals surface area contributed by atoms with Gasteiger partial charge < -0.3 is 15.4 Å². The number of methoxy groups -OCH3 is 1. The summed E-state index contributed by atoms with van der Waals surface area (Å²) in [4.78, 5) is 22.9. The molecule has 2 N–H and O–H groups in total. The molecule has 0 radical (unpaired) electrons. The van der Waals surface area contributed by atoms with Crippen LogP contribution in [0.3, 0.4) is 0 Å². The fourth-order valence-electron chi connectivity index (χ4n) is 3.50. The van der Waals surface area contributed by atoms with Crippen LogP contribution in [-0.4, -0.2) is 31.0 Å². The van der Waals surface area contributed by atoms with Crippen LogP contribution in [0.15, 0.2) is 18.2 Å². The molecule has 2 aliphatic rings. The van der Waals surface area contributed by atoms with Crippen molar-refractivity contribution >= 4 is 11.6 Å². The van der Waals surface area contributed by atoms with E-state index in [9.17, 15) is 14.9 Å². The highest BCUT2D eigenvalue weighted by molar-refractivity contribution is 5.82. The Bertz CT molecular complexity index is 626. The van der Waals surface area contributed by atoms with Crippen molar-refractivity contribution < 1.29 is 14.5 Å². The molecule has 1 spiro atoms. The smallest absolute Gasteiger partial charge is 0.311 e. The Morgan fingerprint density at radius 2 is 2.22 bits per heavy atom. The summed E-state index contributed by atoms with van der Waals surface area (Å²) in [5.41, 5.74) is 0.813. The predicted molar refractivity (Wildman–Crippen MR) is 84.1 cm³/mol. The second-order valence-corrected chi connectivity index (χ2v) is 6.35. The van der Waals surface area contributed by atoms with E-state index in [-0.39, 0.29) is 28.7 Å². The van der Waals surface area contributed by atoms with Crippen molar-refractivity contribution in [2.75, 3.05) is 20.2 Å².